The van der Waals surface area contributed by atoms with Crippen molar-refractivity contribution >= 4 is 53.1 Å². The van der Waals surface area contributed by atoms with Gasteiger partial charge in [-0.3, -0.25) is 9.59 Å². The van der Waals surface area contributed by atoms with E-state index in [-0.39, 0.29) is 36.2 Å². The Morgan fingerprint density at radius 2 is 2.28 bits per heavy atom. The molecule has 2 N–H and O–H groups in total. The highest BCUT2D eigenvalue weighted by atomic mass is 32.1. The van der Waals surface area contributed by atoms with E-state index in [0.717, 1.165) is 11.5 Å². The molecule has 29 heavy (non-hydrogen) atoms. The number of ether oxygens (including phenoxy) is 1. The second kappa shape index (κ2) is 7.28. The summed E-state index contributed by atoms with van der Waals surface area (Å²) >= 11 is 1.05. The number of carbonyl (C=O) groups is 3. The van der Waals surface area contributed by atoms with Crippen LogP contribution in [-0.4, -0.2) is 46.2 Å². The first-order chi connectivity index (χ1) is 13.9. The average Bonchev–Trinajstić information content (AvgIpc) is 3.23. The number of hydrogen-bond acceptors (Lipinski definition) is 7. The lowest BCUT2D eigenvalue weighted by Gasteiger charge is -2.24. The summed E-state index contributed by atoms with van der Waals surface area (Å²) in [6, 6.07) is 4.02. The van der Waals surface area contributed by atoms with Crippen LogP contribution >= 0.6 is 11.5 Å². The number of anilines is 1. The van der Waals surface area contributed by atoms with Gasteiger partial charge >= 0.3 is 5.97 Å². The molecule has 1 unspecified atom stereocenters. The molecule has 3 heterocycles. The molecule has 146 valence electrons. The molecule has 9 nitrogen and oxygen atoms in total. The maximum atomic E-state index is 13.6. The average molecular weight is 413 g/mol. The highest BCUT2D eigenvalue weighted by Gasteiger charge is 2.32. The van der Waals surface area contributed by atoms with Crippen molar-refractivity contribution in [3.63, 3.8) is 0 Å². The summed E-state index contributed by atoms with van der Waals surface area (Å²) in [5.41, 5.74) is 0.254. The first kappa shape index (κ1) is 19.1. The minimum Gasteiger partial charge on any atom is -0.460 e. The first-order valence-electron chi connectivity index (χ1n) is 8.57. The van der Waals surface area contributed by atoms with Crippen molar-refractivity contribution in [1.29, 1.82) is 0 Å². The summed E-state index contributed by atoms with van der Waals surface area (Å²) in [5, 5.41) is 5.43. The molecular formula is C17H13BFN5O4S. The molecule has 2 amide bonds. The van der Waals surface area contributed by atoms with Crippen molar-refractivity contribution in [3.8, 4) is 0 Å². The molecule has 2 aromatic heterocycles. The lowest BCUT2D eigenvalue weighted by Crippen LogP contribution is -2.40. The van der Waals surface area contributed by atoms with E-state index in [4.69, 9.17) is 12.6 Å². The molecular weight excluding hydrogens is 400 g/mol. The van der Waals surface area contributed by atoms with Crippen molar-refractivity contribution in [2.45, 2.75) is 19.4 Å². The van der Waals surface area contributed by atoms with Crippen LogP contribution in [-0.2, 0) is 16.1 Å². The predicted octanol–water partition coefficient (Wildman–Crippen LogP) is 1.36. The highest BCUT2D eigenvalue weighted by molar-refractivity contribution is 7.13. The summed E-state index contributed by atoms with van der Waals surface area (Å²) in [7, 11) is 5.97. The number of hydrogen-bond donors (Lipinski definition) is 2. The van der Waals surface area contributed by atoms with Gasteiger partial charge in [-0.25, -0.2) is 14.2 Å². The normalized spacial score (nSPS) is 15.7. The number of esters is 1. The lowest BCUT2D eigenvalue weighted by molar-refractivity contribution is -0.122. The van der Waals surface area contributed by atoms with Crippen LogP contribution in [0.2, 0.25) is 0 Å². The zero-order valence-electron chi connectivity index (χ0n) is 15.1. The van der Waals surface area contributed by atoms with E-state index in [0.29, 0.717) is 10.1 Å². The number of nitrogens with zero attached hydrogens (tertiary/aromatic N) is 3. The summed E-state index contributed by atoms with van der Waals surface area (Å²) < 4.78 is 24.6. The van der Waals surface area contributed by atoms with Crippen LogP contribution in [0.5, 0.6) is 0 Å². The minimum absolute atomic E-state index is 0.0110. The molecule has 2 radical (unpaired) electrons. The van der Waals surface area contributed by atoms with Crippen LogP contribution in [0.4, 0.5) is 10.2 Å². The number of aromatic nitrogens is 3. The fourth-order valence-corrected chi connectivity index (χ4v) is 3.81. The van der Waals surface area contributed by atoms with Gasteiger partial charge in [0.1, 0.15) is 25.9 Å². The molecule has 0 fully saturated rings. The number of benzene rings is 1. The molecule has 1 aliphatic rings. The van der Waals surface area contributed by atoms with E-state index in [9.17, 15) is 18.8 Å². The van der Waals surface area contributed by atoms with Crippen LogP contribution in [0.15, 0.2) is 18.2 Å². The van der Waals surface area contributed by atoms with E-state index in [2.05, 4.69) is 20.0 Å². The van der Waals surface area contributed by atoms with Crippen molar-refractivity contribution < 1.29 is 23.5 Å². The zero-order valence-corrected chi connectivity index (χ0v) is 15.9. The van der Waals surface area contributed by atoms with Gasteiger partial charge < -0.3 is 19.9 Å². The van der Waals surface area contributed by atoms with Gasteiger partial charge in [0.2, 0.25) is 11.7 Å². The Kier molecular flexibility index (Phi) is 4.78. The number of imidazole rings is 1. The largest absolute Gasteiger partial charge is 0.460 e. The van der Waals surface area contributed by atoms with Crippen molar-refractivity contribution in [2.24, 2.45) is 0 Å². The van der Waals surface area contributed by atoms with E-state index < -0.39 is 29.5 Å². The van der Waals surface area contributed by atoms with E-state index >= 15 is 0 Å². The number of nitrogens with one attached hydrogen (secondary N) is 2. The second-order valence-electron chi connectivity index (χ2n) is 6.15. The van der Waals surface area contributed by atoms with Crippen LogP contribution in [0, 0.1) is 5.82 Å². The first-order valence-corrected chi connectivity index (χ1v) is 9.35. The maximum absolute atomic E-state index is 13.6. The number of halogens is 1. The van der Waals surface area contributed by atoms with Gasteiger partial charge in [-0.15, -0.1) is 0 Å². The molecule has 1 aromatic carbocycles. The third-order valence-electron chi connectivity index (χ3n) is 4.26. The Hall–Kier alpha value is -3.28. The number of fused-ring (bicyclic) bond motifs is 2. The number of amides is 2. The van der Waals surface area contributed by atoms with Crippen LogP contribution in [0.3, 0.4) is 0 Å². The summed E-state index contributed by atoms with van der Waals surface area (Å²) in [6.45, 7) is 1.54. The Morgan fingerprint density at radius 3 is 3.03 bits per heavy atom. The van der Waals surface area contributed by atoms with E-state index in [1.54, 1.807) is 6.92 Å². The third-order valence-corrected chi connectivity index (χ3v) is 5.08. The summed E-state index contributed by atoms with van der Waals surface area (Å²) in [4.78, 5) is 41.0. The Labute approximate surface area is 168 Å². The molecule has 1 aliphatic heterocycles. The van der Waals surface area contributed by atoms with Crippen LogP contribution in [0.25, 0.3) is 10.1 Å². The van der Waals surface area contributed by atoms with E-state index in [1.807, 2.05) is 0 Å². The molecule has 0 aliphatic carbocycles. The Morgan fingerprint density at radius 1 is 1.48 bits per heavy atom. The molecule has 0 bridgehead atoms. The smallest absolute Gasteiger partial charge is 0.374 e. The minimum atomic E-state index is -0.994. The lowest BCUT2D eigenvalue weighted by atomic mass is 9.91. The van der Waals surface area contributed by atoms with Crippen LogP contribution < -0.4 is 10.6 Å². The predicted molar refractivity (Wildman–Crippen MR) is 102 cm³/mol. The van der Waals surface area contributed by atoms with Gasteiger partial charge in [0, 0.05) is 11.3 Å². The third kappa shape index (κ3) is 3.35. The van der Waals surface area contributed by atoms with Gasteiger partial charge in [-0.1, -0.05) is 0 Å². The molecule has 12 heteroatoms. The van der Waals surface area contributed by atoms with Crippen molar-refractivity contribution in [2.75, 3.05) is 11.9 Å². The fraction of sp³-hybridized carbons (Fsp3) is 0.235. The molecule has 1 atom stereocenters. The highest BCUT2D eigenvalue weighted by Crippen LogP contribution is 2.28. The summed E-state index contributed by atoms with van der Waals surface area (Å²) in [6.07, 6.45) is 0. The topological polar surface area (TPSA) is 115 Å². The molecule has 0 saturated carbocycles. The quantitative estimate of drug-likeness (QED) is 0.493. The Bertz CT molecular complexity index is 1160. The zero-order chi connectivity index (χ0) is 20.7. The summed E-state index contributed by atoms with van der Waals surface area (Å²) in [5.74, 6) is -3.47. The molecule has 0 spiro atoms. The van der Waals surface area contributed by atoms with Gasteiger partial charge in [-0.2, -0.15) is 4.37 Å². The van der Waals surface area contributed by atoms with Gasteiger partial charge in [-0.05, 0) is 36.7 Å². The van der Waals surface area contributed by atoms with Crippen molar-refractivity contribution in [3.05, 3.63) is 41.2 Å². The molecule has 3 aromatic rings. The SMILES string of the molecule is [B]C1NC(=O)Cn2c(C(=O)OCC)nc(NC(=O)c3nsc4ccc(F)cc34)c21. The second-order valence-corrected chi connectivity index (χ2v) is 6.95. The molecule has 4 rings (SSSR count). The Balaban J connectivity index is 1.74. The standard InChI is InChI=1S/C17H13BFN5O4S/c1-2-28-17(27)15-21-14(12-13(18)20-10(25)6-24(12)15)22-16(26)11-8-5-7(19)3-4-9(8)29-23-11/h3-5,13H,2,6H2,1H3,(H,20,25)(H,22,26). The monoisotopic (exact) mass is 413 g/mol. The van der Waals surface area contributed by atoms with E-state index in [1.165, 1.54) is 22.8 Å². The number of rotatable bonds is 4. The fourth-order valence-electron chi connectivity index (χ4n) is 3.06. The van der Waals surface area contributed by atoms with Crippen molar-refractivity contribution in [1.82, 2.24) is 19.2 Å². The van der Waals surface area contributed by atoms with Gasteiger partial charge in [0.15, 0.2) is 5.82 Å². The maximum Gasteiger partial charge on any atom is 0.374 e. The number of carbonyl (C=O) groups excluding carboxylic acids is 3. The van der Waals surface area contributed by atoms with Gasteiger partial charge in [0.25, 0.3) is 5.91 Å². The molecule has 0 saturated heterocycles. The van der Waals surface area contributed by atoms with Gasteiger partial charge in [0.05, 0.1) is 17.0 Å². The van der Waals surface area contributed by atoms with Crippen LogP contribution in [0.1, 0.15) is 39.7 Å².